The van der Waals surface area contributed by atoms with Crippen molar-refractivity contribution in [3.8, 4) is 0 Å². The quantitative estimate of drug-likeness (QED) is 0.487. The Morgan fingerprint density at radius 3 is 1.54 bits per heavy atom. The Hall–Kier alpha value is -0.280. The van der Waals surface area contributed by atoms with E-state index < -0.39 is 23.5 Å². The highest BCUT2D eigenvalue weighted by atomic mass is 17.2. The van der Waals surface area contributed by atoms with Crippen LogP contribution >= 0.6 is 0 Å². The average molecular weight is 186 g/mol. The minimum Gasteiger partial charge on any atom is -0.303 e. The summed E-state index contributed by atoms with van der Waals surface area (Å²) in [7, 11) is 0. The second-order valence-electron chi connectivity index (χ2n) is 3.89. The van der Waals surface area contributed by atoms with Gasteiger partial charge in [-0.25, -0.2) is 0 Å². The van der Waals surface area contributed by atoms with Gasteiger partial charge in [0.15, 0.2) is 0 Å². The molecule has 6 fully saturated rings. The Bertz CT molecular complexity index is 354. The first-order valence-electron chi connectivity index (χ1n) is 4.06. The summed E-state index contributed by atoms with van der Waals surface area (Å²) >= 11 is 0. The highest BCUT2D eigenvalue weighted by molar-refractivity contribution is 5.25. The maximum Gasteiger partial charge on any atom is 0.356 e. The first kappa shape index (κ1) is 5.56. The van der Waals surface area contributed by atoms with Crippen LogP contribution in [-0.4, -0.2) is 36.1 Å². The van der Waals surface area contributed by atoms with Gasteiger partial charge in [-0.15, -0.1) is 0 Å². The fourth-order valence-electron chi connectivity index (χ4n) is 2.17. The van der Waals surface area contributed by atoms with Crippen molar-refractivity contribution in [1.82, 2.24) is 0 Å². The molecule has 6 saturated heterocycles. The molecule has 0 bridgehead atoms. The molecule has 6 aliphatic heterocycles. The molecule has 0 N–H and O–H groups in total. The molecule has 0 aromatic rings. The number of rotatable bonds is 2. The molecule has 6 unspecified atom stereocenters. The number of epoxide rings is 4. The summed E-state index contributed by atoms with van der Waals surface area (Å²) in [5.41, 5.74) is 0. The van der Waals surface area contributed by atoms with Crippen molar-refractivity contribution in [2.24, 2.45) is 0 Å². The Morgan fingerprint density at radius 1 is 0.769 bits per heavy atom. The van der Waals surface area contributed by atoms with Gasteiger partial charge in [-0.05, 0) is 0 Å². The number of ether oxygens (including phenoxy) is 7. The van der Waals surface area contributed by atoms with Crippen molar-refractivity contribution >= 4 is 0 Å². The van der Waals surface area contributed by atoms with E-state index in [1.807, 2.05) is 0 Å². The van der Waals surface area contributed by atoms with Crippen molar-refractivity contribution in [3.05, 3.63) is 0 Å². The van der Waals surface area contributed by atoms with Crippen molar-refractivity contribution in [1.29, 1.82) is 0 Å². The third-order valence-electron chi connectivity index (χ3n) is 3.21. The van der Waals surface area contributed by atoms with Crippen molar-refractivity contribution in [2.45, 2.75) is 36.1 Å². The normalized spacial score (nSPS) is 87.7. The van der Waals surface area contributed by atoms with Crippen LogP contribution in [-0.2, 0) is 33.2 Å². The van der Waals surface area contributed by atoms with Gasteiger partial charge in [-0.3, -0.25) is 23.7 Å². The third-order valence-corrected chi connectivity index (χ3v) is 3.21. The Kier molecular flexibility index (Phi) is 0.428. The molecule has 0 aromatic carbocycles. The van der Waals surface area contributed by atoms with E-state index in [1.54, 1.807) is 0 Å². The van der Waals surface area contributed by atoms with Gasteiger partial charge in [0.05, 0.1) is 0 Å². The minimum atomic E-state index is -1.07. The SMILES string of the molecule is O1C2OC23OC13OC12OC3OC31O2. The van der Waals surface area contributed by atoms with Crippen LogP contribution in [0.5, 0.6) is 0 Å². The van der Waals surface area contributed by atoms with Gasteiger partial charge in [0.2, 0.25) is 12.6 Å². The van der Waals surface area contributed by atoms with Crippen LogP contribution in [0.3, 0.4) is 0 Å². The maximum atomic E-state index is 5.40. The van der Waals surface area contributed by atoms with E-state index in [9.17, 15) is 0 Å². The Labute approximate surface area is 70.3 Å². The molecule has 68 valence electrons. The number of hydrogen-bond donors (Lipinski definition) is 0. The third kappa shape index (κ3) is 0.310. The summed E-state index contributed by atoms with van der Waals surface area (Å²) in [5.74, 6) is -3.42. The smallest absolute Gasteiger partial charge is 0.303 e. The summed E-state index contributed by atoms with van der Waals surface area (Å²) in [5, 5.41) is 0. The van der Waals surface area contributed by atoms with E-state index in [4.69, 9.17) is 33.2 Å². The molecule has 6 aliphatic rings. The monoisotopic (exact) mass is 186 g/mol. The predicted octanol–water partition coefficient (Wildman–Crippen LogP) is -1.46. The molecule has 0 aromatic heterocycles. The summed E-state index contributed by atoms with van der Waals surface area (Å²) < 4.78 is 36.1. The fraction of sp³-hybridized carbons (Fsp3) is 1.00. The van der Waals surface area contributed by atoms with Crippen LogP contribution in [0.15, 0.2) is 0 Å². The van der Waals surface area contributed by atoms with Crippen LogP contribution in [0.1, 0.15) is 0 Å². The predicted molar refractivity (Wildman–Crippen MR) is 26.1 cm³/mol. The lowest BCUT2D eigenvalue weighted by molar-refractivity contribution is -0.379. The van der Waals surface area contributed by atoms with Crippen LogP contribution in [0, 0.1) is 0 Å². The molecular weight excluding hydrogens is 184 g/mol. The molecule has 6 heterocycles. The van der Waals surface area contributed by atoms with Gasteiger partial charge in [0.25, 0.3) is 0 Å². The zero-order valence-electron chi connectivity index (χ0n) is 6.01. The fourth-order valence-corrected chi connectivity index (χ4v) is 2.17. The van der Waals surface area contributed by atoms with Crippen molar-refractivity contribution in [2.75, 3.05) is 0 Å². The van der Waals surface area contributed by atoms with Gasteiger partial charge in [-0.1, -0.05) is 0 Å². The maximum absolute atomic E-state index is 5.40. The molecule has 6 rings (SSSR count). The Morgan fingerprint density at radius 2 is 1.31 bits per heavy atom. The van der Waals surface area contributed by atoms with E-state index in [-0.39, 0.29) is 12.6 Å². The van der Waals surface area contributed by atoms with Gasteiger partial charge >= 0.3 is 23.5 Å². The van der Waals surface area contributed by atoms with E-state index >= 15 is 0 Å². The zero-order valence-corrected chi connectivity index (χ0v) is 6.01. The first-order valence-corrected chi connectivity index (χ1v) is 4.06. The lowest BCUT2D eigenvalue weighted by atomic mass is 10.3. The Balaban J connectivity index is 1.39. The summed E-state index contributed by atoms with van der Waals surface area (Å²) in [6, 6.07) is 0. The van der Waals surface area contributed by atoms with E-state index in [0.717, 1.165) is 0 Å². The van der Waals surface area contributed by atoms with Gasteiger partial charge in [-0.2, -0.15) is 0 Å². The molecule has 7 nitrogen and oxygen atoms in total. The standard InChI is InChI=1S/C6H2O7/c7-1-3(7)5(9-1,11-3)13-6-4(12-6)2(8-4)10-6/h1-2H. The van der Waals surface area contributed by atoms with Crippen LogP contribution < -0.4 is 0 Å². The van der Waals surface area contributed by atoms with Crippen LogP contribution in [0.4, 0.5) is 0 Å². The molecule has 2 spiro atoms. The second-order valence-corrected chi connectivity index (χ2v) is 3.89. The minimum absolute atomic E-state index is 0.255. The largest absolute Gasteiger partial charge is 0.356 e. The van der Waals surface area contributed by atoms with Crippen molar-refractivity contribution in [3.63, 3.8) is 0 Å². The lowest BCUT2D eigenvalue weighted by Crippen LogP contribution is -2.47. The zero-order chi connectivity index (χ0) is 8.10. The van der Waals surface area contributed by atoms with E-state index in [0.29, 0.717) is 0 Å². The van der Waals surface area contributed by atoms with Crippen LogP contribution in [0.2, 0.25) is 0 Å². The van der Waals surface area contributed by atoms with Gasteiger partial charge < -0.3 is 9.47 Å². The molecule has 6 atom stereocenters. The first-order chi connectivity index (χ1) is 6.25. The highest BCUT2D eigenvalue weighted by Gasteiger charge is 3.09. The lowest BCUT2D eigenvalue weighted by Gasteiger charge is -2.22. The van der Waals surface area contributed by atoms with Gasteiger partial charge in [0, 0.05) is 0 Å². The molecular formula is C6H2O7. The molecule has 13 heavy (non-hydrogen) atoms. The van der Waals surface area contributed by atoms with E-state index in [2.05, 4.69) is 0 Å². The second kappa shape index (κ2) is 0.999. The summed E-state index contributed by atoms with van der Waals surface area (Å²) in [6.45, 7) is 0. The molecule has 0 saturated carbocycles. The summed E-state index contributed by atoms with van der Waals surface area (Å²) in [6.07, 6.45) is -0.510. The molecule has 0 aliphatic carbocycles. The summed E-state index contributed by atoms with van der Waals surface area (Å²) in [4.78, 5) is 0. The molecule has 0 amide bonds. The van der Waals surface area contributed by atoms with E-state index in [1.165, 1.54) is 0 Å². The molecule has 7 heteroatoms. The number of hydrogen-bond acceptors (Lipinski definition) is 7. The van der Waals surface area contributed by atoms with Crippen LogP contribution in [0.25, 0.3) is 0 Å². The molecule has 0 radical (unpaired) electrons. The topological polar surface area (TPSA) is 77.8 Å². The average Bonchev–Trinajstić information content (AvgIpc) is 3.04. The van der Waals surface area contributed by atoms with Gasteiger partial charge in [0.1, 0.15) is 0 Å². The highest BCUT2D eigenvalue weighted by Crippen LogP contribution is 2.82. The van der Waals surface area contributed by atoms with Crippen molar-refractivity contribution < 1.29 is 33.2 Å².